The van der Waals surface area contributed by atoms with Gasteiger partial charge in [-0.1, -0.05) is 35.5 Å². The molecule has 0 unspecified atom stereocenters. The van der Waals surface area contributed by atoms with Crippen LogP contribution in [0.25, 0.3) is 11.4 Å². The Morgan fingerprint density at radius 3 is 2.64 bits per heavy atom. The van der Waals surface area contributed by atoms with Crippen LogP contribution in [0.2, 0.25) is 5.02 Å². The quantitative estimate of drug-likeness (QED) is 0.715. The number of aromatic nitrogens is 3. The van der Waals surface area contributed by atoms with Crippen molar-refractivity contribution in [1.82, 2.24) is 25.4 Å². The minimum absolute atomic E-state index is 0.0404. The number of amides is 2. The molecular weight excluding hydrogens is 362 g/mol. The second-order valence-electron chi connectivity index (χ2n) is 5.63. The monoisotopic (exact) mass is 381 g/mol. The van der Waals surface area contributed by atoms with Crippen LogP contribution in [0.5, 0.6) is 0 Å². The summed E-state index contributed by atoms with van der Waals surface area (Å²) in [6.07, 6.45) is 0. The van der Waals surface area contributed by atoms with E-state index in [0.717, 1.165) is 5.56 Å². The fourth-order valence-corrected chi connectivity index (χ4v) is 3.01. The van der Waals surface area contributed by atoms with Crippen LogP contribution in [0, 0.1) is 0 Å². The molecule has 0 aliphatic carbocycles. The molecule has 0 aliphatic rings. The molecule has 0 atom stereocenters. The zero-order chi connectivity index (χ0) is 18.4. The molecule has 0 saturated heterocycles. The smallest absolute Gasteiger partial charge is 0.239 e. The van der Waals surface area contributed by atoms with Crippen LogP contribution in [0.4, 0.5) is 0 Å². The molecule has 25 heavy (non-hydrogen) atoms. The lowest BCUT2D eigenvalue weighted by Gasteiger charge is -2.09. The number of nitrogens with zero attached hydrogens (tertiary/aromatic N) is 3. The van der Waals surface area contributed by atoms with Gasteiger partial charge in [-0.3, -0.25) is 9.59 Å². The first kappa shape index (κ1) is 19.3. The first-order valence-corrected chi connectivity index (χ1v) is 9.08. The zero-order valence-corrected chi connectivity index (χ0v) is 15.8. The van der Waals surface area contributed by atoms with E-state index in [9.17, 15) is 9.59 Å². The zero-order valence-electron chi connectivity index (χ0n) is 14.2. The van der Waals surface area contributed by atoms with E-state index in [1.54, 1.807) is 10.6 Å². The van der Waals surface area contributed by atoms with Gasteiger partial charge in [0.1, 0.15) is 0 Å². The predicted molar refractivity (Wildman–Crippen MR) is 98.5 cm³/mol. The Balaban J connectivity index is 1.91. The van der Waals surface area contributed by atoms with Crippen LogP contribution < -0.4 is 10.6 Å². The number of hydrogen-bond donors (Lipinski definition) is 2. The maximum absolute atomic E-state index is 11.9. The average molecular weight is 382 g/mol. The molecule has 134 valence electrons. The molecule has 9 heteroatoms. The largest absolute Gasteiger partial charge is 0.352 e. The van der Waals surface area contributed by atoms with E-state index >= 15 is 0 Å². The molecule has 7 nitrogen and oxygen atoms in total. The highest BCUT2D eigenvalue weighted by molar-refractivity contribution is 7.99. The Kier molecular flexibility index (Phi) is 6.83. The van der Waals surface area contributed by atoms with Crippen LogP contribution in [0.3, 0.4) is 0 Å². The fraction of sp³-hybridized carbons (Fsp3) is 0.375. The van der Waals surface area contributed by atoms with Gasteiger partial charge in [0.2, 0.25) is 11.8 Å². The van der Waals surface area contributed by atoms with Crippen molar-refractivity contribution in [3.8, 4) is 11.4 Å². The summed E-state index contributed by atoms with van der Waals surface area (Å²) in [7, 11) is 1.81. The highest BCUT2D eigenvalue weighted by atomic mass is 35.5. The van der Waals surface area contributed by atoms with Crippen molar-refractivity contribution in [2.24, 2.45) is 7.05 Å². The summed E-state index contributed by atoms with van der Waals surface area (Å²) in [5.41, 5.74) is 0.779. The molecule has 2 aromatic rings. The number of benzene rings is 1. The van der Waals surface area contributed by atoms with Crippen molar-refractivity contribution in [2.45, 2.75) is 25.0 Å². The third kappa shape index (κ3) is 5.47. The van der Waals surface area contributed by atoms with Crippen molar-refractivity contribution in [3.63, 3.8) is 0 Å². The molecule has 0 aliphatic heterocycles. The third-order valence-electron chi connectivity index (χ3n) is 3.18. The maximum atomic E-state index is 11.9. The number of hydrogen-bond acceptors (Lipinski definition) is 5. The summed E-state index contributed by atoms with van der Waals surface area (Å²) in [5.74, 6) is 0.313. The second-order valence-corrected chi connectivity index (χ2v) is 6.98. The van der Waals surface area contributed by atoms with Gasteiger partial charge in [0.25, 0.3) is 0 Å². The van der Waals surface area contributed by atoms with Gasteiger partial charge < -0.3 is 15.2 Å². The van der Waals surface area contributed by atoms with Crippen molar-refractivity contribution in [2.75, 3.05) is 12.3 Å². The Hall–Kier alpha value is -2.06. The maximum Gasteiger partial charge on any atom is 0.239 e. The van der Waals surface area contributed by atoms with Crippen LogP contribution in [-0.2, 0) is 16.6 Å². The van der Waals surface area contributed by atoms with Gasteiger partial charge in [0, 0.05) is 18.7 Å². The van der Waals surface area contributed by atoms with Gasteiger partial charge in [0.15, 0.2) is 11.0 Å². The highest BCUT2D eigenvalue weighted by Gasteiger charge is 2.15. The van der Waals surface area contributed by atoms with Crippen molar-refractivity contribution in [1.29, 1.82) is 0 Å². The summed E-state index contributed by atoms with van der Waals surface area (Å²) in [6.45, 7) is 3.68. The molecule has 0 fully saturated rings. The summed E-state index contributed by atoms with van der Waals surface area (Å²) in [5, 5.41) is 14.7. The Bertz CT molecular complexity index is 763. The van der Waals surface area contributed by atoms with Crippen LogP contribution in [0.15, 0.2) is 29.4 Å². The molecule has 0 saturated carbocycles. The number of carbonyl (C=O) groups excluding carboxylic acids is 2. The molecule has 2 rings (SSSR count). The number of carbonyl (C=O) groups is 2. The van der Waals surface area contributed by atoms with Gasteiger partial charge >= 0.3 is 0 Å². The van der Waals surface area contributed by atoms with Crippen molar-refractivity contribution in [3.05, 3.63) is 29.3 Å². The van der Waals surface area contributed by atoms with E-state index in [1.165, 1.54) is 11.8 Å². The molecule has 1 heterocycles. The van der Waals surface area contributed by atoms with Gasteiger partial charge in [-0.2, -0.15) is 0 Å². The number of nitrogens with one attached hydrogen (secondary N) is 2. The second kappa shape index (κ2) is 8.87. The SMILES string of the molecule is CC(C)NC(=O)CNC(=O)CSc1nnc(-c2ccccc2Cl)n1C. The highest BCUT2D eigenvalue weighted by Crippen LogP contribution is 2.28. The molecule has 0 spiro atoms. The topological polar surface area (TPSA) is 88.9 Å². The Morgan fingerprint density at radius 1 is 1.24 bits per heavy atom. The lowest BCUT2D eigenvalue weighted by molar-refractivity contribution is -0.125. The van der Waals surface area contributed by atoms with E-state index in [0.29, 0.717) is 16.0 Å². The van der Waals surface area contributed by atoms with Crippen LogP contribution in [0.1, 0.15) is 13.8 Å². The summed E-state index contributed by atoms with van der Waals surface area (Å²) in [6, 6.07) is 7.41. The van der Waals surface area contributed by atoms with E-state index in [4.69, 9.17) is 11.6 Å². The summed E-state index contributed by atoms with van der Waals surface area (Å²) < 4.78 is 1.78. The fourth-order valence-electron chi connectivity index (χ4n) is 2.05. The molecule has 0 radical (unpaired) electrons. The van der Waals surface area contributed by atoms with Gasteiger partial charge in [-0.15, -0.1) is 10.2 Å². The lowest BCUT2D eigenvalue weighted by atomic mass is 10.2. The van der Waals surface area contributed by atoms with Gasteiger partial charge in [-0.25, -0.2) is 0 Å². The predicted octanol–water partition coefficient (Wildman–Crippen LogP) is 1.87. The lowest BCUT2D eigenvalue weighted by Crippen LogP contribution is -2.40. The minimum atomic E-state index is -0.244. The molecule has 0 bridgehead atoms. The van der Waals surface area contributed by atoms with E-state index in [2.05, 4.69) is 20.8 Å². The van der Waals surface area contributed by atoms with Gasteiger partial charge in [-0.05, 0) is 26.0 Å². The van der Waals surface area contributed by atoms with E-state index in [1.807, 2.05) is 39.1 Å². The minimum Gasteiger partial charge on any atom is -0.352 e. The van der Waals surface area contributed by atoms with Gasteiger partial charge in [0.05, 0.1) is 17.3 Å². The number of thioether (sulfide) groups is 1. The first-order chi connectivity index (χ1) is 11.9. The van der Waals surface area contributed by atoms with E-state index < -0.39 is 0 Å². The van der Waals surface area contributed by atoms with Crippen molar-refractivity contribution < 1.29 is 9.59 Å². The summed E-state index contributed by atoms with van der Waals surface area (Å²) in [4.78, 5) is 23.4. The molecule has 1 aromatic carbocycles. The number of halogens is 1. The first-order valence-electron chi connectivity index (χ1n) is 7.71. The Labute approximate surface area is 155 Å². The molecule has 2 N–H and O–H groups in total. The van der Waals surface area contributed by atoms with E-state index in [-0.39, 0.29) is 30.2 Å². The number of rotatable bonds is 7. The van der Waals surface area contributed by atoms with Crippen LogP contribution >= 0.6 is 23.4 Å². The Morgan fingerprint density at radius 2 is 1.96 bits per heavy atom. The van der Waals surface area contributed by atoms with Crippen LogP contribution in [-0.4, -0.2) is 44.9 Å². The van der Waals surface area contributed by atoms with Crippen molar-refractivity contribution >= 4 is 35.2 Å². The normalized spacial score (nSPS) is 10.8. The molecular formula is C16H20ClN5O2S. The summed E-state index contributed by atoms with van der Waals surface area (Å²) >= 11 is 7.43. The standard InChI is InChI=1S/C16H20ClN5O2S/c1-10(2)19-13(23)8-18-14(24)9-25-16-21-20-15(22(16)3)11-6-4-5-7-12(11)17/h4-7,10H,8-9H2,1-3H3,(H,18,24)(H,19,23). The molecule has 2 amide bonds. The average Bonchev–Trinajstić information content (AvgIpc) is 2.91. The molecule has 1 aromatic heterocycles. The third-order valence-corrected chi connectivity index (χ3v) is 4.53.